The Balaban J connectivity index is 1.14. The average Bonchev–Trinajstić information content (AvgIpc) is 3.67. The van der Waals surface area contributed by atoms with Gasteiger partial charge in [0.25, 0.3) is 0 Å². The molecule has 5 aliphatic carbocycles. The molecule has 50 heavy (non-hydrogen) atoms. The molecule has 0 radical (unpaired) electrons. The second kappa shape index (κ2) is 12.4. The minimum Gasteiger partial charge on any atom is -0.478 e. The zero-order chi connectivity index (χ0) is 35.9. The lowest BCUT2D eigenvalue weighted by molar-refractivity contribution is -0.225. The minimum absolute atomic E-state index is 0.0187. The quantitative estimate of drug-likeness (QED) is 0.212. The van der Waals surface area contributed by atoms with Gasteiger partial charge in [-0.15, -0.1) is 0 Å². The van der Waals surface area contributed by atoms with Gasteiger partial charge in [-0.3, -0.25) is 9.59 Å². The van der Waals surface area contributed by atoms with Crippen LogP contribution in [0.25, 0.3) is 5.57 Å². The molecule has 2 amide bonds. The minimum atomic E-state index is -0.879. The van der Waals surface area contributed by atoms with E-state index in [1.54, 1.807) is 12.1 Å². The molecule has 1 aromatic carbocycles. The van der Waals surface area contributed by atoms with Crippen molar-refractivity contribution in [3.63, 3.8) is 0 Å². The van der Waals surface area contributed by atoms with Crippen molar-refractivity contribution in [2.24, 2.45) is 56.7 Å². The Hall–Kier alpha value is -2.89. The molecular weight excluding hydrogens is 620 g/mol. The molecule has 0 bridgehead atoms. The van der Waals surface area contributed by atoms with E-state index in [2.05, 4.69) is 59.5 Å². The molecule has 1 heterocycles. The van der Waals surface area contributed by atoms with E-state index >= 15 is 0 Å². The molecule has 0 spiro atoms. The van der Waals surface area contributed by atoms with Crippen molar-refractivity contribution >= 4 is 23.4 Å². The molecule has 272 valence electrons. The summed E-state index contributed by atoms with van der Waals surface area (Å²) in [5.74, 6) is 2.05. The molecule has 2 N–H and O–H groups in total. The SMILES string of the molecule is C=C(C)[C@@H]1CC[C@]2(C(=O)NCCCN3CCCC3=O)CC[C@]3(C)[C@H](CC[C@@H]4[C@@]5(C)CC=C(c6ccc(C(=O)O)cc6)C(C)(C)[C@@H]5CC[C@]43C)[C@@H]12. The lowest BCUT2D eigenvalue weighted by Gasteiger charge is -2.72. The van der Waals surface area contributed by atoms with Crippen molar-refractivity contribution in [2.45, 2.75) is 119 Å². The number of carboxylic acid groups (broad SMARTS) is 1. The first-order chi connectivity index (χ1) is 23.6. The number of amides is 2. The third-order valence-corrected chi connectivity index (χ3v) is 16.6. The van der Waals surface area contributed by atoms with E-state index in [1.165, 1.54) is 36.8 Å². The van der Waals surface area contributed by atoms with Crippen molar-refractivity contribution in [3.8, 4) is 0 Å². The first-order valence-corrected chi connectivity index (χ1v) is 19.9. The van der Waals surface area contributed by atoms with Crippen molar-refractivity contribution < 1.29 is 19.5 Å². The maximum Gasteiger partial charge on any atom is 0.335 e. The summed E-state index contributed by atoms with van der Waals surface area (Å²) >= 11 is 0. The third-order valence-electron chi connectivity index (χ3n) is 16.6. The molecule has 1 saturated heterocycles. The highest BCUT2D eigenvalue weighted by atomic mass is 16.4. The van der Waals surface area contributed by atoms with Crippen LogP contribution in [0, 0.1) is 56.7 Å². The van der Waals surface area contributed by atoms with E-state index < -0.39 is 5.97 Å². The maximum absolute atomic E-state index is 14.4. The van der Waals surface area contributed by atoms with Crippen molar-refractivity contribution in [2.75, 3.05) is 19.6 Å². The van der Waals surface area contributed by atoms with Gasteiger partial charge in [0, 0.05) is 26.1 Å². The fourth-order valence-electron chi connectivity index (χ4n) is 14.0. The van der Waals surface area contributed by atoms with Crippen LogP contribution in [0.4, 0.5) is 0 Å². The van der Waals surface area contributed by atoms with Crippen LogP contribution in [0.3, 0.4) is 0 Å². The number of likely N-dealkylation sites (tertiary alicyclic amines) is 1. The highest BCUT2D eigenvalue weighted by Crippen LogP contribution is 2.77. The Kier molecular flexibility index (Phi) is 8.78. The van der Waals surface area contributed by atoms with E-state index in [1.807, 2.05) is 17.0 Å². The Morgan fingerprint density at radius 2 is 1.68 bits per heavy atom. The predicted molar refractivity (Wildman–Crippen MR) is 199 cm³/mol. The van der Waals surface area contributed by atoms with Crippen molar-refractivity contribution in [3.05, 3.63) is 53.6 Å². The van der Waals surface area contributed by atoms with Crippen LogP contribution in [-0.2, 0) is 9.59 Å². The van der Waals surface area contributed by atoms with Gasteiger partial charge in [-0.2, -0.15) is 0 Å². The highest BCUT2D eigenvalue weighted by molar-refractivity contribution is 5.88. The number of benzene rings is 1. The molecule has 7 rings (SSSR count). The number of fused-ring (bicyclic) bond motifs is 7. The van der Waals surface area contributed by atoms with Crippen molar-refractivity contribution in [1.82, 2.24) is 10.2 Å². The molecule has 5 fully saturated rings. The number of hydrogen-bond donors (Lipinski definition) is 2. The summed E-state index contributed by atoms with van der Waals surface area (Å²) in [7, 11) is 0. The van der Waals surface area contributed by atoms with Gasteiger partial charge in [0.05, 0.1) is 11.0 Å². The molecule has 6 heteroatoms. The van der Waals surface area contributed by atoms with E-state index in [9.17, 15) is 19.5 Å². The summed E-state index contributed by atoms with van der Waals surface area (Å²) in [6.45, 7) is 21.8. The highest BCUT2D eigenvalue weighted by Gasteiger charge is 2.71. The zero-order valence-electron chi connectivity index (χ0n) is 31.7. The van der Waals surface area contributed by atoms with Gasteiger partial charge in [-0.05, 0) is 152 Å². The molecular formula is C44H62N2O4. The molecule has 9 atom stereocenters. The lowest BCUT2D eigenvalue weighted by atomic mass is 9.32. The fourth-order valence-corrected chi connectivity index (χ4v) is 14.0. The van der Waals surface area contributed by atoms with Gasteiger partial charge in [0.2, 0.25) is 11.8 Å². The van der Waals surface area contributed by atoms with Gasteiger partial charge in [0.15, 0.2) is 0 Å². The van der Waals surface area contributed by atoms with Crippen LogP contribution in [-0.4, -0.2) is 47.4 Å². The van der Waals surface area contributed by atoms with Crippen LogP contribution in [0.1, 0.15) is 135 Å². The number of rotatable bonds is 8. The predicted octanol–water partition coefficient (Wildman–Crippen LogP) is 9.16. The second-order valence-electron chi connectivity index (χ2n) is 18.9. The Bertz CT molecular complexity index is 1590. The molecule has 4 saturated carbocycles. The third kappa shape index (κ3) is 5.11. The Labute approximate surface area is 300 Å². The summed E-state index contributed by atoms with van der Waals surface area (Å²) in [6, 6.07) is 7.53. The standard InChI is InChI=1S/C44H62N2O4/c1-28(2)31-17-22-44(39(50)45-25-9-27-46-26-8-10-36(46)47)24-23-42(6)33(37(31)44)15-16-35-41(5)20-18-32(29-11-13-30(14-12-29)38(48)49)40(3,4)34(41)19-21-43(35,42)7/h11-14,18,31,33-35,37H,1,8-10,15-17,19-27H2,2-7H3,(H,45,50)(H,48,49)/t31-,33+,34-,35+,37+,41-,42+,43+,44-/m0/s1. The summed E-state index contributed by atoms with van der Waals surface area (Å²) in [5, 5.41) is 12.9. The molecule has 1 aliphatic heterocycles. The monoisotopic (exact) mass is 682 g/mol. The first-order valence-electron chi connectivity index (χ1n) is 19.9. The molecule has 1 aromatic rings. The molecule has 0 aromatic heterocycles. The van der Waals surface area contributed by atoms with Crippen LogP contribution < -0.4 is 5.32 Å². The number of carbonyl (C=O) groups excluding carboxylic acids is 2. The van der Waals surface area contributed by atoms with Gasteiger partial charge in [0.1, 0.15) is 0 Å². The number of carboxylic acids is 1. The normalized spacial score (nSPS) is 40.2. The molecule has 6 aliphatic rings. The number of nitrogens with zero attached hydrogens (tertiary/aromatic N) is 1. The summed E-state index contributed by atoms with van der Waals surface area (Å²) in [6.07, 6.45) is 15.0. The van der Waals surface area contributed by atoms with Gasteiger partial charge >= 0.3 is 5.97 Å². The van der Waals surface area contributed by atoms with Gasteiger partial charge < -0.3 is 15.3 Å². The van der Waals surface area contributed by atoms with Crippen molar-refractivity contribution in [1.29, 1.82) is 0 Å². The summed E-state index contributed by atoms with van der Waals surface area (Å²) in [5.41, 5.74) is 4.32. The van der Waals surface area contributed by atoms with Gasteiger partial charge in [-0.25, -0.2) is 4.79 Å². The number of carbonyl (C=O) groups is 3. The van der Waals surface area contributed by atoms with Crippen LogP contribution >= 0.6 is 0 Å². The largest absolute Gasteiger partial charge is 0.478 e. The van der Waals surface area contributed by atoms with Gasteiger partial charge in [-0.1, -0.05) is 65.0 Å². The Morgan fingerprint density at radius 1 is 0.940 bits per heavy atom. The lowest BCUT2D eigenvalue weighted by Crippen LogP contribution is -2.66. The number of nitrogens with one attached hydrogen (secondary N) is 1. The van der Waals surface area contributed by atoms with Crippen LogP contribution in [0.15, 0.2) is 42.5 Å². The average molecular weight is 683 g/mol. The number of aromatic carboxylic acids is 1. The second-order valence-corrected chi connectivity index (χ2v) is 18.9. The van der Waals surface area contributed by atoms with E-state index in [-0.39, 0.29) is 38.9 Å². The van der Waals surface area contributed by atoms with Crippen LogP contribution in [0.2, 0.25) is 0 Å². The van der Waals surface area contributed by atoms with Crippen LogP contribution in [0.5, 0.6) is 0 Å². The summed E-state index contributed by atoms with van der Waals surface area (Å²) < 4.78 is 0. The van der Waals surface area contributed by atoms with E-state index in [0.29, 0.717) is 48.1 Å². The topological polar surface area (TPSA) is 86.7 Å². The zero-order valence-corrected chi connectivity index (χ0v) is 31.7. The molecule has 0 unspecified atom stereocenters. The van der Waals surface area contributed by atoms with E-state index in [0.717, 1.165) is 63.6 Å². The molecule has 6 nitrogen and oxygen atoms in total. The maximum atomic E-state index is 14.4. The first kappa shape index (κ1) is 35.5. The summed E-state index contributed by atoms with van der Waals surface area (Å²) in [4.78, 5) is 40.1. The number of hydrogen-bond acceptors (Lipinski definition) is 3. The fraction of sp³-hybridized carbons (Fsp3) is 0.705. The smallest absolute Gasteiger partial charge is 0.335 e. The Morgan fingerprint density at radius 3 is 2.34 bits per heavy atom. The van der Waals surface area contributed by atoms with E-state index in [4.69, 9.17) is 0 Å². The number of allylic oxidation sites excluding steroid dienone is 3.